The molecule has 72 valence electrons. The Morgan fingerprint density at radius 1 is 1.62 bits per heavy atom. The zero-order valence-electron chi connectivity index (χ0n) is 8.60. The normalized spacial score (nSPS) is 21.1. The molecule has 0 saturated carbocycles. The van der Waals surface area contributed by atoms with E-state index in [4.69, 9.17) is 0 Å². The second-order valence-corrected chi connectivity index (χ2v) is 4.14. The number of ketones is 1. The Morgan fingerprint density at radius 3 is 2.92 bits per heavy atom. The molecular weight excluding hydrogens is 160 g/mol. The molecule has 0 radical (unpaired) electrons. The summed E-state index contributed by atoms with van der Waals surface area (Å²) in [4.78, 5) is 11.6. The third-order valence-corrected chi connectivity index (χ3v) is 2.88. The van der Waals surface area contributed by atoms with Gasteiger partial charge in [-0.1, -0.05) is 17.7 Å². The lowest BCUT2D eigenvalue weighted by Crippen LogP contribution is -2.29. The van der Waals surface area contributed by atoms with Gasteiger partial charge in [-0.3, -0.25) is 4.79 Å². The summed E-state index contributed by atoms with van der Waals surface area (Å²) in [5, 5.41) is 0. The van der Waals surface area contributed by atoms with Gasteiger partial charge in [-0.25, -0.2) is 0 Å². The van der Waals surface area contributed by atoms with Crippen LogP contribution in [-0.2, 0) is 4.79 Å². The molecule has 1 aliphatic carbocycles. The molecule has 0 aromatic rings. The van der Waals surface area contributed by atoms with Crippen molar-refractivity contribution in [2.45, 2.75) is 39.5 Å². The van der Waals surface area contributed by atoms with Gasteiger partial charge in [0.1, 0.15) is 5.78 Å². The Morgan fingerprint density at radius 2 is 2.31 bits per heavy atom. The zero-order valence-corrected chi connectivity index (χ0v) is 8.60. The summed E-state index contributed by atoms with van der Waals surface area (Å²) in [6, 6.07) is 0. The van der Waals surface area contributed by atoms with Crippen LogP contribution in [0.5, 0.6) is 0 Å². The van der Waals surface area contributed by atoms with Crippen molar-refractivity contribution in [3.8, 4) is 0 Å². The summed E-state index contributed by atoms with van der Waals surface area (Å²) in [7, 11) is 0. The van der Waals surface area contributed by atoms with Crippen LogP contribution in [0.25, 0.3) is 0 Å². The van der Waals surface area contributed by atoms with E-state index in [-0.39, 0.29) is 5.41 Å². The highest BCUT2D eigenvalue weighted by atomic mass is 16.1. The fourth-order valence-electron chi connectivity index (χ4n) is 1.80. The summed E-state index contributed by atoms with van der Waals surface area (Å²) >= 11 is 0. The topological polar surface area (TPSA) is 17.1 Å². The Hall–Kier alpha value is -0.850. The van der Waals surface area contributed by atoms with Crippen LogP contribution in [0.1, 0.15) is 39.5 Å². The van der Waals surface area contributed by atoms with Crippen molar-refractivity contribution in [2.24, 2.45) is 5.41 Å². The summed E-state index contributed by atoms with van der Waals surface area (Å²) in [5.74, 6) is 0.383. The number of allylic oxidation sites excluding steroid dienone is 3. The highest BCUT2D eigenvalue weighted by molar-refractivity contribution is 5.88. The maximum Gasteiger partial charge on any atom is 0.142 e. The second kappa shape index (κ2) is 3.91. The first-order chi connectivity index (χ1) is 6.09. The smallest absolute Gasteiger partial charge is 0.142 e. The molecule has 0 atom stereocenters. The average molecular weight is 178 g/mol. The predicted molar refractivity (Wildman–Crippen MR) is 55.5 cm³/mol. The first-order valence-corrected chi connectivity index (χ1v) is 4.92. The van der Waals surface area contributed by atoms with E-state index in [2.05, 4.69) is 12.7 Å². The molecule has 0 bridgehead atoms. The number of hydrogen-bond acceptors (Lipinski definition) is 1. The van der Waals surface area contributed by atoms with Gasteiger partial charge < -0.3 is 0 Å². The number of Topliss-reactive ketones (excluding diaryl/α,β-unsaturated/α-hetero) is 1. The Labute approximate surface area is 80.5 Å². The van der Waals surface area contributed by atoms with Gasteiger partial charge in [-0.2, -0.15) is 0 Å². The lowest BCUT2D eigenvalue weighted by atomic mass is 9.73. The maximum atomic E-state index is 11.6. The number of carbonyl (C=O) groups is 1. The minimum Gasteiger partial charge on any atom is -0.299 e. The third-order valence-electron chi connectivity index (χ3n) is 2.88. The molecule has 13 heavy (non-hydrogen) atoms. The van der Waals surface area contributed by atoms with E-state index in [0.717, 1.165) is 19.3 Å². The molecule has 0 amide bonds. The van der Waals surface area contributed by atoms with Crippen molar-refractivity contribution in [2.75, 3.05) is 0 Å². The molecule has 0 aromatic carbocycles. The molecule has 0 aromatic heterocycles. The van der Waals surface area contributed by atoms with Crippen LogP contribution in [-0.4, -0.2) is 5.78 Å². The van der Waals surface area contributed by atoms with E-state index < -0.39 is 0 Å². The highest BCUT2D eigenvalue weighted by Gasteiger charge is 2.32. The van der Waals surface area contributed by atoms with Crippen LogP contribution in [0.15, 0.2) is 24.3 Å². The average Bonchev–Trinajstić information content (AvgIpc) is 2.08. The molecule has 0 unspecified atom stereocenters. The van der Waals surface area contributed by atoms with Crippen LogP contribution in [0, 0.1) is 5.41 Å². The molecule has 1 heteroatoms. The SMILES string of the molecule is C=CCCC1=CCCC(=O)C1(C)C. The molecule has 0 fully saturated rings. The van der Waals surface area contributed by atoms with Gasteiger partial charge in [0.25, 0.3) is 0 Å². The lowest BCUT2D eigenvalue weighted by molar-refractivity contribution is -0.125. The fourth-order valence-corrected chi connectivity index (χ4v) is 1.80. The molecule has 1 rings (SSSR count). The number of rotatable bonds is 3. The van der Waals surface area contributed by atoms with Crippen molar-refractivity contribution >= 4 is 5.78 Å². The van der Waals surface area contributed by atoms with Crippen LogP contribution in [0.3, 0.4) is 0 Å². The van der Waals surface area contributed by atoms with Gasteiger partial charge >= 0.3 is 0 Å². The quantitative estimate of drug-likeness (QED) is 0.606. The monoisotopic (exact) mass is 178 g/mol. The van der Waals surface area contributed by atoms with Crippen LogP contribution in [0.4, 0.5) is 0 Å². The van der Waals surface area contributed by atoms with Gasteiger partial charge in [0, 0.05) is 11.8 Å². The largest absolute Gasteiger partial charge is 0.299 e. The van der Waals surface area contributed by atoms with E-state index >= 15 is 0 Å². The molecular formula is C12H18O. The van der Waals surface area contributed by atoms with Gasteiger partial charge in [-0.15, -0.1) is 6.58 Å². The zero-order chi connectivity index (χ0) is 9.90. The van der Waals surface area contributed by atoms with Crippen molar-refractivity contribution < 1.29 is 4.79 Å². The summed E-state index contributed by atoms with van der Waals surface area (Å²) in [6.45, 7) is 7.76. The molecule has 1 aliphatic rings. The molecule has 0 saturated heterocycles. The Balaban J connectivity index is 2.75. The summed E-state index contributed by atoms with van der Waals surface area (Å²) < 4.78 is 0. The molecule has 0 aliphatic heterocycles. The number of hydrogen-bond donors (Lipinski definition) is 0. The molecule has 0 heterocycles. The Kier molecular flexibility index (Phi) is 3.07. The third kappa shape index (κ3) is 2.09. The molecule has 1 nitrogen and oxygen atoms in total. The van der Waals surface area contributed by atoms with Gasteiger partial charge in [0.15, 0.2) is 0 Å². The van der Waals surface area contributed by atoms with E-state index in [0.29, 0.717) is 12.2 Å². The van der Waals surface area contributed by atoms with Crippen molar-refractivity contribution in [1.82, 2.24) is 0 Å². The fraction of sp³-hybridized carbons (Fsp3) is 0.583. The summed E-state index contributed by atoms with van der Waals surface area (Å²) in [5.41, 5.74) is 1.07. The second-order valence-electron chi connectivity index (χ2n) is 4.14. The van der Waals surface area contributed by atoms with Crippen molar-refractivity contribution in [3.63, 3.8) is 0 Å². The molecule has 0 spiro atoms. The standard InChI is InChI=1S/C12H18O/c1-4-5-7-10-8-6-9-11(13)12(10,2)3/h4,8H,1,5-7,9H2,2-3H3. The van der Waals surface area contributed by atoms with Crippen LogP contribution in [0.2, 0.25) is 0 Å². The van der Waals surface area contributed by atoms with E-state index in [1.165, 1.54) is 5.57 Å². The first kappa shape index (κ1) is 10.2. The van der Waals surface area contributed by atoms with E-state index in [1.807, 2.05) is 19.9 Å². The minimum absolute atomic E-state index is 0.221. The molecule has 0 N–H and O–H groups in total. The van der Waals surface area contributed by atoms with Crippen molar-refractivity contribution in [3.05, 3.63) is 24.3 Å². The lowest BCUT2D eigenvalue weighted by Gasteiger charge is -2.30. The summed E-state index contributed by atoms with van der Waals surface area (Å²) in [6.07, 6.45) is 7.74. The minimum atomic E-state index is -0.221. The van der Waals surface area contributed by atoms with E-state index in [9.17, 15) is 4.79 Å². The van der Waals surface area contributed by atoms with Gasteiger partial charge in [0.05, 0.1) is 0 Å². The van der Waals surface area contributed by atoms with Crippen LogP contribution >= 0.6 is 0 Å². The number of carbonyl (C=O) groups excluding carboxylic acids is 1. The maximum absolute atomic E-state index is 11.6. The van der Waals surface area contributed by atoms with Gasteiger partial charge in [-0.05, 0) is 33.1 Å². The van der Waals surface area contributed by atoms with Crippen molar-refractivity contribution in [1.29, 1.82) is 0 Å². The highest BCUT2D eigenvalue weighted by Crippen LogP contribution is 2.36. The first-order valence-electron chi connectivity index (χ1n) is 4.92. The Bertz CT molecular complexity index is 246. The van der Waals surface area contributed by atoms with E-state index in [1.54, 1.807) is 0 Å². The predicted octanol–water partition coefficient (Wildman–Crippen LogP) is 3.27. The van der Waals surface area contributed by atoms with Crippen LogP contribution < -0.4 is 0 Å². The van der Waals surface area contributed by atoms with Gasteiger partial charge in [0.2, 0.25) is 0 Å².